The number of carbonyl (C=O) groups excluding carboxylic acids is 1. The summed E-state index contributed by atoms with van der Waals surface area (Å²) in [7, 11) is 0. The van der Waals surface area contributed by atoms with Gasteiger partial charge in [-0.05, 0) is 25.0 Å². The summed E-state index contributed by atoms with van der Waals surface area (Å²) in [6, 6.07) is 3.89. The largest absolute Gasteiger partial charge is 0.469 e. The Balaban J connectivity index is 1.70. The minimum atomic E-state index is -0.106. The number of aliphatic imine (C=N–C) groups is 1. The minimum absolute atomic E-state index is 0.106. The summed E-state index contributed by atoms with van der Waals surface area (Å²) in [5.41, 5.74) is 0. The summed E-state index contributed by atoms with van der Waals surface area (Å²) >= 11 is 0. The van der Waals surface area contributed by atoms with Crippen LogP contribution in [0.15, 0.2) is 27.8 Å². The molecule has 0 bridgehead atoms. The predicted octanol–water partition coefficient (Wildman–Crippen LogP) is 1.29. The van der Waals surface area contributed by atoms with Crippen LogP contribution >= 0.6 is 0 Å². The smallest absolute Gasteiger partial charge is 0.227 e. The Kier molecular flexibility index (Phi) is 6.98. The van der Waals surface area contributed by atoms with Gasteiger partial charge in [0.2, 0.25) is 11.9 Å². The molecule has 0 saturated heterocycles. The van der Waals surface area contributed by atoms with Gasteiger partial charge in [-0.15, -0.1) is 0 Å². The second kappa shape index (κ2) is 9.51. The summed E-state index contributed by atoms with van der Waals surface area (Å²) in [6.45, 7) is 0.829. The van der Waals surface area contributed by atoms with Gasteiger partial charge in [-0.2, -0.15) is 5.26 Å². The molecule has 1 aromatic rings. The number of guanidine groups is 1. The summed E-state index contributed by atoms with van der Waals surface area (Å²) in [5.74, 6) is 1.02. The lowest BCUT2D eigenvalue weighted by Gasteiger charge is -2.23. The van der Waals surface area contributed by atoms with Gasteiger partial charge in [-0.1, -0.05) is 19.3 Å². The summed E-state index contributed by atoms with van der Waals surface area (Å²) in [5, 5.41) is 17.4. The third kappa shape index (κ3) is 6.43. The number of nitrogens with zero attached hydrogens (tertiary/aromatic N) is 2. The molecule has 23 heavy (non-hydrogen) atoms. The number of nitrogens with one attached hydrogen (secondary N) is 3. The summed E-state index contributed by atoms with van der Waals surface area (Å²) in [4.78, 5) is 16.0. The third-order valence-electron chi connectivity index (χ3n) is 3.74. The van der Waals surface area contributed by atoms with E-state index in [1.807, 2.05) is 6.19 Å². The van der Waals surface area contributed by atoms with Crippen molar-refractivity contribution in [2.24, 2.45) is 4.99 Å². The van der Waals surface area contributed by atoms with Crippen molar-refractivity contribution in [1.29, 1.82) is 5.26 Å². The van der Waals surface area contributed by atoms with Crippen LogP contribution in [0.1, 0.15) is 37.9 Å². The van der Waals surface area contributed by atoms with Gasteiger partial charge < -0.3 is 15.1 Å². The maximum atomic E-state index is 11.7. The fourth-order valence-electron chi connectivity index (χ4n) is 2.61. The van der Waals surface area contributed by atoms with E-state index in [2.05, 4.69) is 20.9 Å². The molecular weight excluding hydrogens is 294 g/mol. The first kappa shape index (κ1) is 16.9. The van der Waals surface area contributed by atoms with Crippen molar-refractivity contribution in [3.8, 4) is 6.19 Å². The molecule has 7 nitrogen and oxygen atoms in total. The molecule has 1 aromatic heterocycles. The van der Waals surface area contributed by atoms with E-state index < -0.39 is 0 Å². The first-order chi connectivity index (χ1) is 11.3. The molecule has 1 saturated carbocycles. The minimum Gasteiger partial charge on any atom is -0.469 e. The molecule has 0 radical (unpaired) electrons. The number of nitriles is 1. The molecule has 0 atom stereocenters. The van der Waals surface area contributed by atoms with E-state index in [0.29, 0.717) is 30.9 Å². The molecule has 7 heteroatoms. The molecule has 0 spiro atoms. The molecule has 0 aromatic carbocycles. The Hall–Kier alpha value is -2.49. The van der Waals surface area contributed by atoms with E-state index in [1.54, 1.807) is 18.4 Å². The van der Waals surface area contributed by atoms with Crippen LogP contribution in [-0.2, 0) is 11.2 Å². The molecule has 1 aliphatic rings. The van der Waals surface area contributed by atoms with Crippen LogP contribution in [0, 0.1) is 11.5 Å². The molecule has 3 N–H and O–H groups in total. The van der Waals surface area contributed by atoms with Crippen molar-refractivity contribution in [3.05, 3.63) is 24.2 Å². The van der Waals surface area contributed by atoms with E-state index in [9.17, 15) is 4.79 Å². The Morgan fingerprint density at radius 2 is 2.22 bits per heavy atom. The second-order valence-electron chi connectivity index (χ2n) is 5.55. The summed E-state index contributed by atoms with van der Waals surface area (Å²) in [6.07, 6.45) is 9.56. The number of carbonyl (C=O) groups is 1. The van der Waals surface area contributed by atoms with Crippen molar-refractivity contribution < 1.29 is 9.21 Å². The van der Waals surface area contributed by atoms with Crippen LogP contribution in [0.5, 0.6) is 0 Å². The van der Waals surface area contributed by atoms with Crippen LogP contribution < -0.4 is 16.0 Å². The fraction of sp³-hybridized carbons (Fsp3) is 0.562. The standard InChI is InChI=1S/C16H23N5O2/c17-12-20-16(21-13-5-2-1-3-6-13)19-9-8-18-15(22)11-14-7-4-10-23-14/h4,7,10,13H,1-3,5-6,8-9,11H2,(H,18,22)(H2,19,20,21). The molecule has 1 aliphatic carbocycles. The van der Waals surface area contributed by atoms with Crippen LogP contribution in [0.4, 0.5) is 0 Å². The normalized spacial score (nSPS) is 15.7. The van der Waals surface area contributed by atoms with E-state index in [-0.39, 0.29) is 12.3 Å². The van der Waals surface area contributed by atoms with Crippen LogP contribution in [0.25, 0.3) is 0 Å². The molecule has 1 fully saturated rings. The maximum Gasteiger partial charge on any atom is 0.227 e. The highest BCUT2D eigenvalue weighted by atomic mass is 16.3. The van der Waals surface area contributed by atoms with E-state index in [0.717, 1.165) is 12.8 Å². The average Bonchev–Trinajstić information content (AvgIpc) is 3.05. The Bertz CT molecular complexity index is 541. The molecule has 0 aliphatic heterocycles. The van der Waals surface area contributed by atoms with Crippen LogP contribution in [-0.4, -0.2) is 31.0 Å². The highest BCUT2D eigenvalue weighted by molar-refractivity contribution is 5.81. The zero-order valence-corrected chi connectivity index (χ0v) is 13.2. The quantitative estimate of drug-likeness (QED) is 0.241. The van der Waals surface area contributed by atoms with E-state index in [4.69, 9.17) is 9.68 Å². The number of furan rings is 1. The van der Waals surface area contributed by atoms with Crippen molar-refractivity contribution in [3.63, 3.8) is 0 Å². The molecule has 2 rings (SSSR count). The van der Waals surface area contributed by atoms with Gasteiger partial charge >= 0.3 is 0 Å². The zero-order valence-electron chi connectivity index (χ0n) is 13.2. The van der Waals surface area contributed by atoms with Gasteiger partial charge in [0.1, 0.15) is 5.76 Å². The predicted molar refractivity (Wildman–Crippen MR) is 86.5 cm³/mol. The van der Waals surface area contributed by atoms with Crippen molar-refractivity contribution in [1.82, 2.24) is 16.0 Å². The van der Waals surface area contributed by atoms with Crippen LogP contribution in [0.3, 0.4) is 0 Å². The highest BCUT2D eigenvalue weighted by Crippen LogP contribution is 2.17. The lowest BCUT2D eigenvalue weighted by atomic mass is 9.96. The lowest BCUT2D eigenvalue weighted by Crippen LogP contribution is -2.43. The first-order valence-corrected chi connectivity index (χ1v) is 8.03. The Morgan fingerprint density at radius 1 is 1.39 bits per heavy atom. The first-order valence-electron chi connectivity index (χ1n) is 8.03. The van der Waals surface area contributed by atoms with Gasteiger partial charge in [-0.3, -0.25) is 15.1 Å². The van der Waals surface area contributed by atoms with Gasteiger partial charge in [0, 0.05) is 12.6 Å². The lowest BCUT2D eigenvalue weighted by molar-refractivity contribution is -0.120. The molecule has 1 heterocycles. The van der Waals surface area contributed by atoms with E-state index >= 15 is 0 Å². The molecule has 1 amide bonds. The van der Waals surface area contributed by atoms with Crippen molar-refractivity contribution in [2.45, 2.75) is 44.6 Å². The van der Waals surface area contributed by atoms with Gasteiger partial charge in [-0.25, -0.2) is 0 Å². The Morgan fingerprint density at radius 3 is 2.91 bits per heavy atom. The highest BCUT2D eigenvalue weighted by Gasteiger charge is 2.14. The van der Waals surface area contributed by atoms with Crippen LogP contribution in [0.2, 0.25) is 0 Å². The Labute approximate surface area is 136 Å². The number of hydrogen-bond donors (Lipinski definition) is 3. The number of hydrogen-bond acceptors (Lipinski definition) is 4. The van der Waals surface area contributed by atoms with Gasteiger partial charge in [0.05, 0.1) is 19.2 Å². The SMILES string of the molecule is N#CNC(=NCCNC(=O)Cc1ccco1)NC1CCCCC1. The van der Waals surface area contributed by atoms with Crippen molar-refractivity contribution in [2.75, 3.05) is 13.1 Å². The molecular formula is C16H23N5O2. The fourth-order valence-corrected chi connectivity index (χ4v) is 2.61. The van der Waals surface area contributed by atoms with E-state index in [1.165, 1.54) is 19.3 Å². The van der Waals surface area contributed by atoms with Gasteiger partial charge in [0.15, 0.2) is 6.19 Å². The maximum absolute atomic E-state index is 11.7. The third-order valence-corrected chi connectivity index (χ3v) is 3.74. The molecule has 124 valence electrons. The number of rotatable bonds is 6. The summed E-state index contributed by atoms with van der Waals surface area (Å²) < 4.78 is 5.12. The van der Waals surface area contributed by atoms with Gasteiger partial charge in [0.25, 0.3) is 0 Å². The molecule has 0 unspecified atom stereocenters. The number of amides is 1. The topological polar surface area (TPSA) is 102 Å². The monoisotopic (exact) mass is 317 g/mol. The average molecular weight is 317 g/mol. The van der Waals surface area contributed by atoms with Crippen molar-refractivity contribution >= 4 is 11.9 Å². The zero-order chi connectivity index (χ0) is 16.3. The second-order valence-corrected chi connectivity index (χ2v) is 5.55.